The Bertz CT molecular complexity index is 668. The quantitative estimate of drug-likeness (QED) is 0.861. The van der Waals surface area contributed by atoms with Crippen molar-refractivity contribution in [2.24, 2.45) is 0 Å². The van der Waals surface area contributed by atoms with Gasteiger partial charge in [-0.25, -0.2) is 9.78 Å². The highest BCUT2D eigenvalue weighted by Crippen LogP contribution is 2.18. The SMILES string of the molecule is O=C(O)c1nc2ccc(OC(F)F)cc2c(=O)[nH]1. The van der Waals surface area contributed by atoms with Gasteiger partial charge in [-0.15, -0.1) is 0 Å². The predicted octanol–water partition coefficient (Wildman–Crippen LogP) is 1.22. The van der Waals surface area contributed by atoms with Crippen LogP contribution >= 0.6 is 0 Å². The first-order valence-electron chi connectivity index (χ1n) is 4.69. The van der Waals surface area contributed by atoms with Crippen LogP contribution in [0, 0.1) is 0 Å². The zero-order valence-corrected chi connectivity index (χ0v) is 8.68. The molecule has 0 aliphatic rings. The van der Waals surface area contributed by atoms with Gasteiger partial charge in [-0.05, 0) is 18.2 Å². The number of aromatic carboxylic acids is 1. The third-order valence-electron chi connectivity index (χ3n) is 2.10. The van der Waals surface area contributed by atoms with Crippen molar-refractivity contribution in [3.63, 3.8) is 0 Å². The average Bonchev–Trinajstić information content (AvgIpc) is 2.28. The van der Waals surface area contributed by atoms with E-state index in [0.717, 1.165) is 6.07 Å². The van der Waals surface area contributed by atoms with E-state index in [4.69, 9.17) is 5.11 Å². The number of nitrogens with zero attached hydrogens (tertiary/aromatic N) is 1. The van der Waals surface area contributed by atoms with Crippen molar-refractivity contribution in [2.45, 2.75) is 6.61 Å². The van der Waals surface area contributed by atoms with E-state index in [1.807, 2.05) is 4.98 Å². The second-order valence-corrected chi connectivity index (χ2v) is 3.28. The maximum atomic E-state index is 12.0. The van der Waals surface area contributed by atoms with Crippen LogP contribution < -0.4 is 10.3 Å². The molecule has 0 radical (unpaired) electrons. The number of carbonyl (C=O) groups is 1. The maximum Gasteiger partial charge on any atom is 0.387 e. The summed E-state index contributed by atoms with van der Waals surface area (Å²) in [6, 6.07) is 3.47. The van der Waals surface area contributed by atoms with Crippen LogP contribution in [-0.2, 0) is 0 Å². The molecule has 2 aromatic rings. The zero-order valence-electron chi connectivity index (χ0n) is 8.68. The van der Waals surface area contributed by atoms with Gasteiger partial charge in [0.2, 0.25) is 5.82 Å². The van der Waals surface area contributed by atoms with Crippen molar-refractivity contribution in [1.29, 1.82) is 0 Å². The number of carboxylic acid groups (broad SMARTS) is 1. The van der Waals surface area contributed by atoms with Gasteiger partial charge in [0.15, 0.2) is 0 Å². The summed E-state index contributed by atoms with van der Waals surface area (Å²) < 4.78 is 28.1. The number of hydrogen-bond acceptors (Lipinski definition) is 4. The highest BCUT2D eigenvalue weighted by molar-refractivity contribution is 5.87. The smallest absolute Gasteiger partial charge is 0.387 e. The van der Waals surface area contributed by atoms with Crippen LogP contribution in [-0.4, -0.2) is 27.7 Å². The minimum Gasteiger partial charge on any atom is -0.475 e. The fourth-order valence-electron chi connectivity index (χ4n) is 1.40. The summed E-state index contributed by atoms with van der Waals surface area (Å²) in [5, 5.41) is 8.66. The number of rotatable bonds is 3. The Hall–Kier alpha value is -2.51. The van der Waals surface area contributed by atoms with Crippen molar-refractivity contribution in [3.8, 4) is 5.75 Å². The van der Waals surface area contributed by atoms with Gasteiger partial charge in [-0.2, -0.15) is 8.78 Å². The molecule has 0 aliphatic carbocycles. The van der Waals surface area contributed by atoms with Crippen LogP contribution in [0.5, 0.6) is 5.75 Å². The second kappa shape index (κ2) is 4.40. The number of H-pyrrole nitrogens is 1. The number of aromatic amines is 1. The summed E-state index contributed by atoms with van der Waals surface area (Å²) in [5.41, 5.74) is -0.658. The molecular formula is C10H6F2N2O4. The third-order valence-corrected chi connectivity index (χ3v) is 2.10. The van der Waals surface area contributed by atoms with Gasteiger partial charge >= 0.3 is 12.6 Å². The molecule has 0 aliphatic heterocycles. The highest BCUT2D eigenvalue weighted by atomic mass is 19.3. The lowest BCUT2D eigenvalue weighted by Crippen LogP contribution is -2.15. The zero-order chi connectivity index (χ0) is 13.3. The minimum absolute atomic E-state index is 0.0295. The second-order valence-electron chi connectivity index (χ2n) is 3.28. The van der Waals surface area contributed by atoms with Crippen molar-refractivity contribution in [1.82, 2.24) is 9.97 Å². The predicted molar refractivity (Wildman–Crippen MR) is 56.0 cm³/mol. The molecule has 0 bridgehead atoms. The minimum atomic E-state index is -3.01. The molecule has 0 saturated carbocycles. The van der Waals surface area contributed by atoms with Gasteiger partial charge in [0.05, 0.1) is 10.9 Å². The number of halogens is 2. The Morgan fingerprint density at radius 1 is 1.44 bits per heavy atom. The molecule has 0 amide bonds. The molecule has 0 atom stereocenters. The van der Waals surface area contributed by atoms with Crippen LogP contribution in [0.4, 0.5) is 8.78 Å². The average molecular weight is 256 g/mol. The molecule has 2 rings (SSSR count). The summed E-state index contributed by atoms with van der Waals surface area (Å²) >= 11 is 0. The maximum absolute atomic E-state index is 12.0. The van der Waals surface area contributed by atoms with E-state index in [-0.39, 0.29) is 16.7 Å². The Labute approximate surface area is 97.8 Å². The summed E-state index contributed by atoms with van der Waals surface area (Å²) in [7, 11) is 0. The number of ether oxygens (including phenoxy) is 1. The first kappa shape index (κ1) is 12.0. The Morgan fingerprint density at radius 2 is 2.17 bits per heavy atom. The van der Waals surface area contributed by atoms with Crippen LogP contribution in [0.25, 0.3) is 10.9 Å². The van der Waals surface area contributed by atoms with Gasteiger partial charge in [0, 0.05) is 0 Å². The number of fused-ring (bicyclic) bond motifs is 1. The van der Waals surface area contributed by atoms with E-state index in [1.165, 1.54) is 12.1 Å². The molecule has 1 heterocycles. The number of alkyl halides is 2. The topological polar surface area (TPSA) is 92.3 Å². The first-order valence-corrected chi connectivity index (χ1v) is 4.69. The van der Waals surface area contributed by atoms with Crippen LogP contribution in [0.1, 0.15) is 10.6 Å². The monoisotopic (exact) mass is 256 g/mol. The van der Waals surface area contributed by atoms with E-state index in [2.05, 4.69) is 9.72 Å². The van der Waals surface area contributed by atoms with E-state index in [9.17, 15) is 18.4 Å². The molecule has 0 fully saturated rings. The number of nitrogens with one attached hydrogen (secondary N) is 1. The fourth-order valence-corrected chi connectivity index (χ4v) is 1.40. The van der Waals surface area contributed by atoms with E-state index >= 15 is 0 Å². The molecule has 6 nitrogen and oxygen atoms in total. The van der Waals surface area contributed by atoms with Crippen LogP contribution in [0.15, 0.2) is 23.0 Å². The molecule has 0 saturated heterocycles. The summed E-state index contributed by atoms with van der Waals surface area (Å²) in [4.78, 5) is 27.9. The molecule has 1 aromatic heterocycles. The molecule has 94 valence electrons. The van der Waals surface area contributed by atoms with Crippen molar-refractivity contribution >= 4 is 16.9 Å². The number of benzene rings is 1. The summed E-state index contributed by atoms with van der Waals surface area (Å²) in [6.07, 6.45) is 0. The van der Waals surface area contributed by atoms with Gasteiger partial charge in [0.25, 0.3) is 5.56 Å². The van der Waals surface area contributed by atoms with Crippen LogP contribution in [0.3, 0.4) is 0 Å². The molecule has 0 unspecified atom stereocenters. The normalized spacial score (nSPS) is 10.8. The molecule has 0 spiro atoms. The summed E-state index contributed by atoms with van der Waals surface area (Å²) in [5.74, 6) is -2.11. The molecule has 1 aromatic carbocycles. The number of hydrogen-bond donors (Lipinski definition) is 2. The highest BCUT2D eigenvalue weighted by Gasteiger charge is 2.11. The number of carboxylic acids is 1. The Morgan fingerprint density at radius 3 is 2.78 bits per heavy atom. The lowest BCUT2D eigenvalue weighted by Gasteiger charge is -2.05. The lowest BCUT2D eigenvalue weighted by molar-refractivity contribution is -0.0497. The van der Waals surface area contributed by atoms with E-state index < -0.39 is 24.0 Å². The molecule has 18 heavy (non-hydrogen) atoms. The van der Waals surface area contributed by atoms with Crippen molar-refractivity contribution in [3.05, 3.63) is 34.4 Å². The van der Waals surface area contributed by atoms with Crippen molar-refractivity contribution < 1.29 is 23.4 Å². The largest absolute Gasteiger partial charge is 0.475 e. The Balaban J connectivity index is 2.58. The summed E-state index contributed by atoms with van der Waals surface area (Å²) in [6.45, 7) is -3.01. The molecular weight excluding hydrogens is 250 g/mol. The van der Waals surface area contributed by atoms with E-state index in [1.54, 1.807) is 0 Å². The standard InChI is InChI=1S/C10H6F2N2O4/c11-10(12)18-4-1-2-6-5(3-4)8(15)14-7(13-6)9(16)17/h1-3,10H,(H,16,17)(H,13,14,15). The third kappa shape index (κ3) is 2.26. The lowest BCUT2D eigenvalue weighted by atomic mass is 10.2. The van der Waals surface area contributed by atoms with Gasteiger partial charge in [-0.1, -0.05) is 0 Å². The number of aromatic nitrogens is 2. The Kier molecular flexibility index (Phi) is 2.92. The van der Waals surface area contributed by atoms with Gasteiger partial charge < -0.3 is 14.8 Å². The molecule has 2 N–H and O–H groups in total. The fraction of sp³-hybridized carbons (Fsp3) is 0.100. The van der Waals surface area contributed by atoms with Crippen molar-refractivity contribution in [2.75, 3.05) is 0 Å². The molecule has 8 heteroatoms. The van der Waals surface area contributed by atoms with E-state index in [0.29, 0.717) is 0 Å². The first-order chi connectivity index (χ1) is 8.47. The van der Waals surface area contributed by atoms with Gasteiger partial charge in [0.1, 0.15) is 5.75 Å². The van der Waals surface area contributed by atoms with Gasteiger partial charge in [-0.3, -0.25) is 4.79 Å². The van der Waals surface area contributed by atoms with Crippen LogP contribution in [0.2, 0.25) is 0 Å².